The van der Waals surface area contributed by atoms with Gasteiger partial charge in [-0.15, -0.1) is 0 Å². The second-order valence-corrected chi connectivity index (χ2v) is 12.1. The number of hydrogen-bond donors (Lipinski definition) is 0. The number of carbonyl (C=O) groups is 1. The van der Waals surface area contributed by atoms with Crippen molar-refractivity contribution in [2.45, 2.75) is 31.0 Å². The first-order valence-electron chi connectivity index (χ1n) is 10.5. The van der Waals surface area contributed by atoms with E-state index in [0.29, 0.717) is 17.2 Å². The molecule has 14 heteroatoms. The number of rotatable bonds is 5. The average molecular weight is 553 g/mol. The molecule has 1 atom stereocenters. The van der Waals surface area contributed by atoms with Crippen LogP contribution in [0.3, 0.4) is 0 Å². The minimum atomic E-state index is -4.77. The summed E-state index contributed by atoms with van der Waals surface area (Å²) in [4.78, 5) is 13.8. The van der Waals surface area contributed by atoms with Gasteiger partial charge in [-0.2, -0.15) is 23.7 Å². The Morgan fingerprint density at radius 3 is 2.19 bits per heavy atom. The molecule has 0 saturated heterocycles. The van der Waals surface area contributed by atoms with Crippen LogP contribution in [0.15, 0.2) is 58.6 Å². The van der Waals surface area contributed by atoms with E-state index in [9.17, 15) is 45.3 Å². The Morgan fingerprint density at radius 2 is 1.68 bits per heavy atom. The molecular weight excluding hydrogens is 533 g/mol. The van der Waals surface area contributed by atoms with Crippen LogP contribution in [0.4, 0.5) is 23.7 Å². The lowest BCUT2D eigenvalue weighted by atomic mass is 9.94. The predicted octanol–water partition coefficient (Wildman–Crippen LogP) is 4.11. The van der Waals surface area contributed by atoms with Crippen molar-refractivity contribution in [3.8, 4) is 12.1 Å². The standard InChI is InChI=1S/C23H19F3N4O5S2/c1-4-37(34,35)20-10-15(12-27)8-9-18(20)21-19(13-28)14(2)29(22(31)30(21)36(3,32)33)17-7-5-6-16(11-17)23(24,25)26/h5-11,21H,4H2,1-3H3/t21-/m1/s1. The van der Waals surface area contributed by atoms with Crippen molar-refractivity contribution in [2.24, 2.45) is 0 Å². The predicted molar refractivity (Wildman–Crippen MR) is 126 cm³/mol. The third-order valence-corrected chi connectivity index (χ3v) is 8.54. The number of sulfone groups is 1. The van der Waals surface area contributed by atoms with Gasteiger partial charge in [-0.1, -0.05) is 19.1 Å². The summed E-state index contributed by atoms with van der Waals surface area (Å²) in [6, 6.07) is 7.43. The smallest absolute Gasteiger partial charge is 0.265 e. The van der Waals surface area contributed by atoms with Crippen LogP contribution in [0.5, 0.6) is 0 Å². The molecule has 0 unspecified atom stereocenters. The molecule has 0 aliphatic carbocycles. The summed E-state index contributed by atoms with van der Waals surface area (Å²) < 4.78 is 91.7. The molecule has 3 rings (SSSR count). The molecule has 2 aromatic rings. The molecule has 1 heterocycles. The Bertz CT molecular complexity index is 1620. The lowest BCUT2D eigenvalue weighted by Crippen LogP contribution is -2.52. The number of carbonyl (C=O) groups excluding carboxylic acids is 1. The van der Waals surface area contributed by atoms with E-state index in [1.807, 2.05) is 0 Å². The van der Waals surface area contributed by atoms with Crippen molar-refractivity contribution in [2.75, 3.05) is 16.9 Å². The number of amides is 2. The third-order valence-electron chi connectivity index (χ3n) is 5.67. The third kappa shape index (κ3) is 5.03. The summed E-state index contributed by atoms with van der Waals surface area (Å²) in [5.74, 6) is -0.435. The molecule has 9 nitrogen and oxygen atoms in total. The van der Waals surface area contributed by atoms with Crippen LogP contribution >= 0.6 is 0 Å². The zero-order valence-electron chi connectivity index (χ0n) is 19.6. The van der Waals surface area contributed by atoms with Gasteiger partial charge < -0.3 is 0 Å². The first-order chi connectivity index (χ1) is 17.1. The van der Waals surface area contributed by atoms with Crippen molar-refractivity contribution in [1.29, 1.82) is 10.5 Å². The molecule has 0 aromatic heterocycles. The second-order valence-electron chi connectivity index (χ2n) is 8.01. The number of nitriles is 2. The van der Waals surface area contributed by atoms with Crippen LogP contribution in [0.2, 0.25) is 0 Å². The van der Waals surface area contributed by atoms with Gasteiger partial charge in [0.15, 0.2) is 9.84 Å². The average Bonchev–Trinajstić information content (AvgIpc) is 2.82. The summed E-state index contributed by atoms with van der Waals surface area (Å²) >= 11 is 0. The van der Waals surface area contributed by atoms with Crippen molar-refractivity contribution >= 4 is 31.6 Å². The van der Waals surface area contributed by atoms with Gasteiger partial charge in [0.05, 0.1) is 51.4 Å². The Labute approximate surface area is 211 Å². The maximum Gasteiger partial charge on any atom is 0.416 e. The number of halogens is 3. The molecule has 0 spiro atoms. The number of urea groups is 1. The molecule has 1 aliphatic rings. The van der Waals surface area contributed by atoms with Crippen LogP contribution in [0.25, 0.3) is 0 Å². The summed E-state index contributed by atoms with van der Waals surface area (Å²) in [6.07, 6.45) is -4.12. The quantitative estimate of drug-likeness (QED) is 0.544. The molecule has 0 bridgehead atoms. The van der Waals surface area contributed by atoms with Gasteiger partial charge in [0.1, 0.15) is 6.04 Å². The van der Waals surface area contributed by atoms with Crippen LogP contribution in [-0.4, -0.2) is 39.2 Å². The lowest BCUT2D eigenvalue weighted by Gasteiger charge is -2.40. The molecule has 1 aliphatic heterocycles. The molecule has 0 N–H and O–H groups in total. The van der Waals surface area contributed by atoms with Crippen molar-refractivity contribution in [3.05, 3.63) is 70.4 Å². The highest BCUT2D eigenvalue weighted by Gasteiger charge is 2.46. The highest BCUT2D eigenvalue weighted by atomic mass is 32.2. The lowest BCUT2D eigenvalue weighted by molar-refractivity contribution is -0.137. The molecular formula is C23H19F3N4O5S2. The molecule has 37 heavy (non-hydrogen) atoms. The van der Waals surface area contributed by atoms with Gasteiger partial charge >= 0.3 is 12.2 Å². The number of hydrogen-bond acceptors (Lipinski definition) is 7. The first-order valence-corrected chi connectivity index (χ1v) is 14.0. The number of alkyl halides is 3. The number of nitrogens with zero attached hydrogens (tertiary/aromatic N) is 4. The van der Waals surface area contributed by atoms with E-state index in [-0.39, 0.29) is 32.4 Å². The highest BCUT2D eigenvalue weighted by Crippen LogP contribution is 2.43. The van der Waals surface area contributed by atoms with Crippen LogP contribution in [0.1, 0.15) is 36.6 Å². The largest absolute Gasteiger partial charge is 0.416 e. The number of anilines is 1. The van der Waals surface area contributed by atoms with E-state index in [0.717, 1.165) is 30.3 Å². The van der Waals surface area contributed by atoms with Crippen molar-refractivity contribution in [3.63, 3.8) is 0 Å². The number of allylic oxidation sites excluding steroid dienone is 1. The van der Waals surface area contributed by atoms with Crippen molar-refractivity contribution in [1.82, 2.24) is 4.31 Å². The fourth-order valence-corrected chi connectivity index (χ4v) is 6.05. The minimum Gasteiger partial charge on any atom is -0.265 e. The molecule has 2 amide bonds. The number of benzene rings is 2. The van der Waals surface area contributed by atoms with Crippen LogP contribution < -0.4 is 4.90 Å². The van der Waals surface area contributed by atoms with Crippen LogP contribution in [-0.2, 0) is 26.0 Å². The van der Waals surface area contributed by atoms with Gasteiger partial charge in [0.2, 0.25) is 10.0 Å². The van der Waals surface area contributed by atoms with Gasteiger partial charge in [-0.05, 0) is 42.8 Å². The first kappa shape index (κ1) is 27.7. The van der Waals surface area contributed by atoms with E-state index >= 15 is 0 Å². The van der Waals surface area contributed by atoms with E-state index in [2.05, 4.69) is 0 Å². The highest BCUT2D eigenvalue weighted by molar-refractivity contribution is 7.91. The summed E-state index contributed by atoms with van der Waals surface area (Å²) in [6.45, 7) is 2.56. The number of sulfonamides is 1. The van der Waals surface area contributed by atoms with E-state index in [4.69, 9.17) is 0 Å². The Balaban J connectivity index is 2.41. The minimum absolute atomic E-state index is 0.0615. The molecule has 0 radical (unpaired) electrons. The SMILES string of the molecule is CCS(=O)(=O)c1cc(C#N)ccc1[C@@H]1C(C#N)=C(C)N(c2cccc(C(F)(F)F)c2)C(=O)N1S(C)(=O)=O. The van der Waals surface area contributed by atoms with E-state index < -0.39 is 54.3 Å². The molecule has 0 saturated carbocycles. The molecule has 194 valence electrons. The van der Waals surface area contributed by atoms with Crippen LogP contribution in [0, 0.1) is 22.7 Å². The normalized spacial score (nSPS) is 17.0. The monoisotopic (exact) mass is 552 g/mol. The Kier molecular flexibility index (Phi) is 7.14. The maximum atomic E-state index is 13.6. The summed E-state index contributed by atoms with van der Waals surface area (Å²) in [5.41, 5.74) is -2.35. The topological polar surface area (TPSA) is 139 Å². The zero-order chi connectivity index (χ0) is 27.9. The zero-order valence-corrected chi connectivity index (χ0v) is 21.2. The van der Waals surface area contributed by atoms with Gasteiger partial charge in [-0.25, -0.2) is 25.9 Å². The fraction of sp³-hybridized carbons (Fsp3) is 0.261. The van der Waals surface area contributed by atoms with Crippen molar-refractivity contribution < 1.29 is 34.8 Å². The summed E-state index contributed by atoms with van der Waals surface area (Å²) in [5, 5.41) is 19.3. The molecule has 0 fully saturated rings. The second kappa shape index (κ2) is 9.53. The Morgan fingerprint density at radius 1 is 1.03 bits per heavy atom. The van der Waals surface area contributed by atoms with E-state index in [1.54, 1.807) is 12.1 Å². The molecule has 2 aromatic carbocycles. The van der Waals surface area contributed by atoms with Gasteiger partial charge in [0, 0.05) is 5.70 Å². The van der Waals surface area contributed by atoms with Gasteiger partial charge in [-0.3, -0.25) is 4.90 Å². The van der Waals surface area contributed by atoms with Gasteiger partial charge in [0.25, 0.3) is 0 Å². The Hall–Kier alpha value is -3.88. The maximum absolute atomic E-state index is 13.6. The fourth-order valence-electron chi connectivity index (χ4n) is 3.93. The van der Waals surface area contributed by atoms with E-state index in [1.165, 1.54) is 19.9 Å². The summed E-state index contributed by atoms with van der Waals surface area (Å²) in [7, 11) is -8.62.